The molecule has 0 amide bonds. The van der Waals surface area contributed by atoms with Crippen molar-refractivity contribution in [3.8, 4) is 0 Å². The molecule has 0 heterocycles. The lowest BCUT2D eigenvalue weighted by molar-refractivity contribution is 0.171. The van der Waals surface area contributed by atoms with E-state index in [-0.39, 0.29) is 11.4 Å². The molecule has 15 heavy (non-hydrogen) atoms. The molecule has 1 N–H and O–H groups in total. The molecule has 5 heteroatoms. The predicted octanol–water partition coefficient (Wildman–Crippen LogP) is 0.688. The third-order valence-electron chi connectivity index (χ3n) is 1.97. The average molecular weight is 229 g/mol. The van der Waals surface area contributed by atoms with Crippen molar-refractivity contribution in [1.82, 2.24) is 4.31 Å². The summed E-state index contributed by atoms with van der Waals surface area (Å²) in [5.74, 6) is 0. The zero-order valence-electron chi connectivity index (χ0n) is 8.79. The first-order chi connectivity index (χ1) is 6.94. The molecule has 0 radical (unpaired) electrons. The number of hydrogen-bond acceptors (Lipinski definition) is 3. The molecule has 0 aliphatic rings. The second-order valence-corrected chi connectivity index (χ2v) is 5.49. The van der Waals surface area contributed by atoms with Gasteiger partial charge in [-0.3, -0.25) is 0 Å². The van der Waals surface area contributed by atoms with Gasteiger partial charge in [0, 0.05) is 13.6 Å². The minimum absolute atomic E-state index is 0.0945. The van der Waals surface area contributed by atoms with Crippen LogP contribution < -0.4 is 0 Å². The summed E-state index contributed by atoms with van der Waals surface area (Å²) in [5.41, 5.74) is 0. The van der Waals surface area contributed by atoms with E-state index in [0.717, 1.165) is 4.31 Å². The van der Waals surface area contributed by atoms with Crippen LogP contribution in [0.1, 0.15) is 6.92 Å². The average Bonchev–Trinajstić information content (AvgIpc) is 2.18. The Balaban J connectivity index is 2.94. The van der Waals surface area contributed by atoms with E-state index in [4.69, 9.17) is 5.11 Å². The third-order valence-corrected chi connectivity index (χ3v) is 3.81. The van der Waals surface area contributed by atoms with E-state index in [0.29, 0.717) is 0 Å². The van der Waals surface area contributed by atoms with Crippen LogP contribution in [0.4, 0.5) is 0 Å². The van der Waals surface area contributed by atoms with Gasteiger partial charge in [0.1, 0.15) is 0 Å². The van der Waals surface area contributed by atoms with E-state index in [9.17, 15) is 8.42 Å². The van der Waals surface area contributed by atoms with Crippen LogP contribution in [0.5, 0.6) is 0 Å². The highest BCUT2D eigenvalue weighted by Gasteiger charge is 2.20. The molecule has 84 valence electrons. The summed E-state index contributed by atoms with van der Waals surface area (Å²) in [6.45, 7) is 1.65. The van der Waals surface area contributed by atoms with Gasteiger partial charge in [-0.25, -0.2) is 8.42 Å². The van der Waals surface area contributed by atoms with Gasteiger partial charge < -0.3 is 5.11 Å². The number of likely N-dealkylation sites (N-methyl/N-ethyl adjacent to an activating group) is 1. The summed E-state index contributed by atoms with van der Waals surface area (Å²) in [6, 6.07) is 8.17. The van der Waals surface area contributed by atoms with Crippen molar-refractivity contribution >= 4 is 10.0 Å². The lowest BCUT2D eigenvalue weighted by Crippen LogP contribution is -2.33. The maximum atomic E-state index is 11.9. The summed E-state index contributed by atoms with van der Waals surface area (Å²) >= 11 is 0. The van der Waals surface area contributed by atoms with Gasteiger partial charge in [0.05, 0.1) is 11.0 Å². The Morgan fingerprint density at radius 1 is 1.33 bits per heavy atom. The van der Waals surface area contributed by atoms with E-state index >= 15 is 0 Å². The highest BCUT2D eigenvalue weighted by atomic mass is 32.2. The molecule has 1 aromatic carbocycles. The quantitative estimate of drug-likeness (QED) is 0.826. The van der Waals surface area contributed by atoms with Crippen molar-refractivity contribution in [2.75, 3.05) is 13.6 Å². The smallest absolute Gasteiger partial charge is 0.242 e. The van der Waals surface area contributed by atoms with E-state index in [1.54, 1.807) is 25.1 Å². The number of aliphatic hydroxyl groups excluding tert-OH is 1. The molecule has 0 fully saturated rings. The molecule has 0 saturated heterocycles. The minimum Gasteiger partial charge on any atom is -0.392 e. The van der Waals surface area contributed by atoms with Gasteiger partial charge in [0.25, 0.3) is 0 Å². The Morgan fingerprint density at radius 3 is 2.33 bits per heavy atom. The van der Waals surface area contributed by atoms with Gasteiger partial charge in [-0.05, 0) is 19.1 Å². The van der Waals surface area contributed by atoms with Gasteiger partial charge in [-0.2, -0.15) is 4.31 Å². The fourth-order valence-corrected chi connectivity index (χ4v) is 2.52. The first kappa shape index (κ1) is 12.2. The largest absolute Gasteiger partial charge is 0.392 e. The van der Waals surface area contributed by atoms with E-state index in [1.165, 1.54) is 19.2 Å². The zero-order chi connectivity index (χ0) is 11.5. The normalized spacial score (nSPS) is 14.1. The monoisotopic (exact) mass is 229 g/mol. The SMILES string of the molecule is CC(O)CN(C)S(=O)(=O)c1ccccc1. The van der Waals surface area contributed by atoms with Crippen molar-refractivity contribution in [3.63, 3.8) is 0 Å². The molecule has 0 aliphatic carbocycles. The molecule has 0 aliphatic heterocycles. The molecule has 0 saturated carbocycles. The van der Waals surface area contributed by atoms with Crippen LogP contribution in [-0.4, -0.2) is 37.5 Å². The Bertz CT molecular complexity index is 400. The highest BCUT2D eigenvalue weighted by Crippen LogP contribution is 2.13. The number of benzene rings is 1. The van der Waals surface area contributed by atoms with Gasteiger partial charge in [0.2, 0.25) is 10.0 Å². The lowest BCUT2D eigenvalue weighted by Gasteiger charge is -2.18. The Kier molecular flexibility index (Phi) is 3.84. The number of rotatable bonds is 4. The molecular formula is C10H15NO3S. The Hall–Kier alpha value is -0.910. The summed E-state index contributed by atoms with van der Waals surface area (Å²) in [7, 11) is -2.01. The topological polar surface area (TPSA) is 57.6 Å². The molecule has 0 bridgehead atoms. The molecule has 0 spiro atoms. The van der Waals surface area contributed by atoms with E-state index in [2.05, 4.69) is 0 Å². The van der Waals surface area contributed by atoms with Crippen LogP contribution in [0.3, 0.4) is 0 Å². The van der Waals surface area contributed by atoms with Gasteiger partial charge >= 0.3 is 0 Å². The van der Waals surface area contributed by atoms with Crippen molar-refractivity contribution in [2.45, 2.75) is 17.9 Å². The molecule has 1 aromatic rings. The van der Waals surface area contributed by atoms with Gasteiger partial charge in [-0.15, -0.1) is 0 Å². The summed E-state index contributed by atoms with van der Waals surface area (Å²) in [4.78, 5) is 0.244. The van der Waals surface area contributed by atoms with E-state index in [1.807, 2.05) is 0 Å². The predicted molar refractivity (Wildman–Crippen MR) is 57.9 cm³/mol. The summed E-state index contributed by atoms with van der Waals surface area (Å²) in [6.07, 6.45) is -0.673. The first-order valence-corrected chi connectivity index (χ1v) is 6.08. The number of aliphatic hydroxyl groups is 1. The Morgan fingerprint density at radius 2 is 1.87 bits per heavy atom. The standard InChI is InChI=1S/C10H15NO3S/c1-9(12)8-11(2)15(13,14)10-6-4-3-5-7-10/h3-7,9,12H,8H2,1-2H3. The minimum atomic E-state index is -3.46. The fourth-order valence-electron chi connectivity index (χ4n) is 1.24. The molecular weight excluding hydrogens is 214 g/mol. The van der Waals surface area contributed by atoms with Crippen LogP contribution in [0.25, 0.3) is 0 Å². The summed E-state index contributed by atoms with van der Waals surface area (Å²) in [5, 5.41) is 9.13. The molecule has 1 atom stereocenters. The second-order valence-electron chi connectivity index (χ2n) is 3.45. The maximum Gasteiger partial charge on any atom is 0.242 e. The number of sulfonamides is 1. The van der Waals surface area contributed by atoms with Crippen molar-refractivity contribution in [1.29, 1.82) is 0 Å². The lowest BCUT2D eigenvalue weighted by atomic mass is 10.4. The van der Waals surface area contributed by atoms with Crippen molar-refractivity contribution < 1.29 is 13.5 Å². The van der Waals surface area contributed by atoms with E-state index < -0.39 is 16.1 Å². The molecule has 1 rings (SSSR count). The zero-order valence-corrected chi connectivity index (χ0v) is 9.61. The van der Waals surface area contributed by atoms with Crippen LogP contribution in [0, 0.1) is 0 Å². The second kappa shape index (κ2) is 4.74. The number of nitrogens with zero attached hydrogens (tertiary/aromatic N) is 1. The molecule has 0 aromatic heterocycles. The number of hydrogen-bond donors (Lipinski definition) is 1. The van der Waals surface area contributed by atoms with Gasteiger partial charge in [0.15, 0.2) is 0 Å². The van der Waals surface area contributed by atoms with Crippen LogP contribution >= 0.6 is 0 Å². The van der Waals surface area contributed by atoms with Crippen molar-refractivity contribution in [3.05, 3.63) is 30.3 Å². The fraction of sp³-hybridized carbons (Fsp3) is 0.400. The van der Waals surface area contributed by atoms with Crippen molar-refractivity contribution in [2.24, 2.45) is 0 Å². The summed E-state index contributed by atoms with van der Waals surface area (Å²) < 4.78 is 24.9. The van der Waals surface area contributed by atoms with Crippen LogP contribution in [0.15, 0.2) is 35.2 Å². The molecule has 1 unspecified atom stereocenters. The Labute approximate surface area is 90.2 Å². The van der Waals surface area contributed by atoms with Crippen LogP contribution in [-0.2, 0) is 10.0 Å². The van der Waals surface area contributed by atoms with Gasteiger partial charge in [-0.1, -0.05) is 18.2 Å². The maximum absolute atomic E-state index is 11.9. The first-order valence-electron chi connectivity index (χ1n) is 4.64. The molecule has 4 nitrogen and oxygen atoms in total. The van der Waals surface area contributed by atoms with Crippen LogP contribution in [0.2, 0.25) is 0 Å². The third kappa shape index (κ3) is 3.02. The highest BCUT2D eigenvalue weighted by molar-refractivity contribution is 7.89.